The number of hydrogen-bond acceptors (Lipinski definition) is 2. The van der Waals surface area contributed by atoms with Crippen LogP contribution in [0.1, 0.15) is 23.1 Å². The van der Waals surface area contributed by atoms with Gasteiger partial charge in [0.05, 0.1) is 0 Å². The summed E-state index contributed by atoms with van der Waals surface area (Å²) in [7, 11) is 0. The smallest absolute Gasteiger partial charge is 0.222 e. The fourth-order valence-corrected chi connectivity index (χ4v) is 3.28. The van der Waals surface area contributed by atoms with E-state index in [1.54, 1.807) is 0 Å². The fraction of sp³-hybridized carbons (Fsp3) is 0.381. The van der Waals surface area contributed by atoms with E-state index in [2.05, 4.69) is 48.2 Å². The summed E-state index contributed by atoms with van der Waals surface area (Å²) >= 11 is 0. The highest BCUT2D eigenvalue weighted by molar-refractivity contribution is 5.76. The van der Waals surface area contributed by atoms with Crippen molar-refractivity contribution in [3.05, 3.63) is 71.3 Å². The molecule has 2 aromatic carbocycles. The van der Waals surface area contributed by atoms with Gasteiger partial charge in [0.15, 0.2) is 0 Å². The molecule has 126 valence electrons. The van der Waals surface area contributed by atoms with Gasteiger partial charge >= 0.3 is 0 Å². The van der Waals surface area contributed by atoms with Crippen LogP contribution in [0.25, 0.3) is 0 Å². The zero-order valence-electron chi connectivity index (χ0n) is 14.4. The monoisotopic (exact) mass is 322 g/mol. The van der Waals surface area contributed by atoms with Crippen molar-refractivity contribution in [3.63, 3.8) is 0 Å². The van der Waals surface area contributed by atoms with Crippen LogP contribution in [0, 0.1) is 6.92 Å². The van der Waals surface area contributed by atoms with Gasteiger partial charge in [-0.2, -0.15) is 0 Å². The van der Waals surface area contributed by atoms with E-state index in [0.717, 1.165) is 39.1 Å². The van der Waals surface area contributed by atoms with Crippen LogP contribution < -0.4 is 0 Å². The molecule has 0 radical (unpaired) electrons. The van der Waals surface area contributed by atoms with E-state index in [9.17, 15) is 4.79 Å². The summed E-state index contributed by atoms with van der Waals surface area (Å²) < 4.78 is 0. The Morgan fingerprint density at radius 3 is 2.33 bits per heavy atom. The van der Waals surface area contributed by atoms with Crippen molar-refractivity contribution in [3.8, 4) is 0 Å². The Morgan fingerprint density at radius 2 is 1.62 bits per heavy atom. The minimum absolute atomic E-state index is 0.286. The molecule has 3 heteroatoms. The Morgan fingerprint density at radius 1 is 0.917 bits per heavy atom. The van der Waals surface area contributed by atoms with Gasteiger partial charge in [-0.05, 0) is 24.5 Å². The van der Waals surface area contributed by atoms with Gasteiger partial charge in [0.1, 0.15) is 0 Å². The summed E-state index contributed by atoms with van der Waals surface area (Å²) in [6.07, 6.45) is 1.45. The number of piperazine rings is 1. The summed E-state index contributed by atoms with van der Waals surface area (Å²) in [6.45, 7) is 6.73. The molecule has 1 saturated heterocycles. The Labute approximate surface area is 144 Å². The molecule has 0 aliphatic carbocycles. The summed E-state index contributed by atoms with van der Waals surface area (Å²) in [4.78, 5) is 16.9. The molecule has 0 aromatic heterocycles. The molecule has 3 nitrogen and oxygen atoms in total. The number of amides is 1. The Hall–Kier alpha value is -2.13. The molecule has 0 atom stereocenters. The number of nitrogens with zero attached hydrogens (tertiary/aromatic N) is 2. The molecule has 1 amide bonds. The predicted octanol–water partition coefficient (Wildman–Crippen LogP) is 3.27. The van der Waals surface area contributed by atoms with Gasteiger partial charge in [-0.25, -0.2) is 0 Å². The molecule has 24 heavy (non-hydrogen) atoms. The highest BCUT2D eigenvalue weighted by atomic mass is 16.2. The second kappa shape index (κ2) is 8.11. The fourth-order valence-electron chi connectivity index (χ4n) is 3.28. The van der Waals surface area contributed by atoms with Gasteiger partial charge in [0, 0.05) is 39.1 Å². The van der Waals surface area contributed by atoms with Crippen molar-refractivity contribution >= 4 is 5.91 Å². The number of aryl methyl sites for hydroxylation is 2. The quantitative estimate of drug-likeness (QED) is 0.843. The number of carbonyl (C=O) groups is 1. The van der Waals surface area contributed by atoms with Crippen LogP contribution in [0.5, 0.6) is 0 Å². The van der Waals surface area contributed by atoms with Crippen molar-refractivity contribution in [2.45, 2.75) is 26.3 Å². The number of carbonyl (C=O) groups excluding carboxylic acids is 1. The van der Waals surface area contributed by atoms with Gasteiger partial charge in [-0.1, -0.05) is 60.2 Å². The lowest BCUT2D eigenvalue weighted by Crippen LogP contribution is -2.48. The largest absolute Gasteiger partial charge is 0.340 e. The third-order valence-electron chi connectivity index (χ3n) is 4.68. The topological polar surface area (TPSA) is 23.6 Å². The molecular formula is C21H26N2O. The van der Waals surface area contributed by atoms with Gasteiger partial charge in [0.2, 0.25) is 5.91 Å². The molecule has 3 rings (SSSR count). The number of hydrogen-bond donors (Lipinski definition) is 0. The normalized spacial score (nSPS) is 15.5. The van der Waals surface area contributed by atoms with Crippen LogP contribution in [-0.2, 0) is 17.8 Å². The van der Waals surface area contributed by atoms with Gasteiger partial charge < -0.3 is 4.90 Å². The molecule has 0 unspecified atom stereocenters. The Bertz CT molecular complexity index is 661. The van der Waals surface area contributed by atoms with Crippen molar-refractivity contribution < 1.29 is 4.79 Å². The van der Waals surface area contributed by atoms with E-state index in [1.807, 2.05) is 23.1 Å². The Balaban J connectivity index is 1.43. The lowest BCUT2D eigenvalue weighted by molar-refractivity contribution is -0.133. The first-order chi connectivity index (χ1) is 11.7. The van der Waals surface area contributed by atoms with Crippen molar-refractivity contribution in [2.75, 3.05) is 26.2 Å². The summed E-state index contributed by atoms with van der Waals surface area (Å²) in [5.74, 6) is 0.286. The average molecular weight is 322 g/mol. The lowest BCUT2D eigenvalue weighted by atomic mass is 10.1. The van der Waals surface area contributed by atoms with Gasteiger partial charge in [0.25, 0.3) is 0 Å². The predicted molar refractivity (Wildman–Crippen MR) is 97.8 cm³/mol. The van der Waals surface area contributed by atoms with Crippen molar-refractivity contribution in [1.82, 2.24) is 9.80 Å². The van der Waals surface area contributed by atoms with Crippen LogP contribution in [-0.4, -0.2) is 41.9 Å². The van der Waals surface area contributed by atoms with Crippen molar-refractivity contribution in [2.24, 2.45) is 0 Å². The van der Waals surface area contributed by atoms with E-state index >= 15 is 0 Å². The van der Waals surface area contributed by atoms with E-state index in [4.69, 9.17) is 0 Å². The van der Waals surface area contributed by atoms with Gasteiger partial charge in [-0.15, -0.1) is 0 Å². The maximum Gasteiger partial charge on any atom is 0.222 e. The second-order valence-electron chi connectivity index (χ2n) is 6.63. The Kier molecular flexibility index (Phi) is 5.65. The third kappa shape index (κ3) is 4.68. The minimum atomic E-state index is 0.286. The van der Waals surface area contributed by atoms with E-state index in [0.29, 0.717) is 6.42 Å². The maximum absolute atomic E-state index is 12.4. The number of rotatable bonds is 5. The molecule has 1 heterocycles. The summed E-state index contributed by atoms with van der Waals surface area (Å²) in [5.41, 5.74) is 3.91. The molecule has 1 aliphatic rings. The van der Waals surface area contributed by atoms with Crippen LogP contribution >= 0.6 is 0 Å². The molecular weight excluding hydrogens is 296 g/mol. The van der Waals surface area contributed by atoms with Crippen molar-refractivity contribution in [1.29, 1.82) is 0 Å². The molecule has 1 aliphatic heterocycles. The standard InChI is InChI=1S/C21H26N2O/c1-18-6-5-9-20(16-18)17-22-12-14-23(15-13-22)21(24)11-10-19-7-3-2-4-8-19/h2-9,16H,10-15,17H2,1H3. The SMILES string of the molecule is Cc1cccc(CN2CCN(C(=O)CCc3ccccc3)CC2)c1. The first-order valence-corrected chi connectivity index (χ1v) is 8.80. The molecule has 0 saturated carbocycles. The number of benzene rings is 2. The maximum atomic E-state index is 12.4. The van der Waals surface area contributed by atoms with E-state index < -0.39 is 0 Å². The zero-order valence-corrected chi connectivity index (χ0v) is 14.4. The summed E-state index contributed by atoms with van der Waals surface area (Å²) in [5, 5.41) is 0. The lowest BCUT2D eigenvalue weighted by Gasteiger charge is -2.35. The third-order valence-corrected chi connectivity index (χ3v) is 4.68. The first-order valence-electron chi connectivity index (χ1n) is 8.80. The molecule has 1 fully saturated rings. The van der Waals surface area contributed by atoms with Crippen LogP contribution in [0.3, 0.4) is 0 Å². The zero-order chi connectivity index (χ0) is 16.8. The second-order valence-corrected chi connectivity index (χ2v) is 6.63. The van der Waals surface area contributed by atoms with Gasteiger partial charge in [-0.3, -0.25) is 9.69 Å². The van der Waals surface area contributed by atoms with Crippen LogP contribution in [0.4, 0.5) is 0 Å². The highest BCUT2D eigenvalue weighted by Crippen LogP contribution is 2.12. The molecule has 2 aromatic rings. The average Bonchev–Trinajstić information content (AvgIpc) is 2.61. The van der Waals surface area contributed by atoms with E-state index in [1.165, 1.54) is 16.7 Å². The molecule has 0 bridgehead atoms. The first kappa shape index (κ1) is 16.7. The minimum Gasteiger partial charge on any atom is -0.340 e. The van der Waals surface area contributed by atoms with E-state index in [-0.39, 0.29) is 5.91 Å². The molecule has 0 N–H and O–H groups in total. The van der Waals surface area contributed by atoms with Crippen LogP contribution in [0.15, 0.2) is 54.6 Å². The highest BCUT2D eigenvalue weighted by Gasteiger charge is 2.20. The molecule has 0 spiro atoms. The summed E-state index contributed by atoms with van der Waals surface area (Å²) in [6, 6.07) is 18.9. The van der Waals surface area contributed by atoms with Crippen LogP contribution in [0.2, 0.25) is 0 Å².